The van der Waals surface area contributed by atoms with Crippen molar-refractivity contribution in [1.29, 1.82) is 0 Å². The molecule has 1 aliphatic carbocycles. The molecule has 1 aromatic carbocycles. The maximum Gasteiger partial charge on any atom is 0.221 e. The average Bonchev–Trinajstić information content (AvgIpc) is 2.56. The van der Waals surface area contributed by atoms with Crippen molar-refractivity contribution >= 4 is 5.91 Å². The maximum absolute atomic E-state index is 12.8. The first-order chi connectivity index (χ1) is 11.1. The van der Waals surface area contributed by atoms with E-state index in [9.17, 15) is 9.18 Å². The smallest absolute Gasteiger partial charge is 0.221 e. The number of halogens is 1. The van der Waals surface area contributed by atoms with E-state index in [1.54, 1.807) is 12.1 Å². The van der Waals surface area contributed by atoms with Gasteiger partial charge in [0.1, 0.15) is 18.2 Å². The number of ether oxygens (including phenoxy) is 1. The van der Waals surface area contributed by atoms with Crippen molar-refractivity contribution in [2.45, 2.75) is 44.6 Å². The summed E-state index contributed by atoms with van der Waals surface area (Å²) in [5.41, 5.74) is 0. The molecule has 0 bridgehead atoms. The Balaban J connectivity index is 1.56. The van der Waals surface area contributed by atoms with E-state index in [1.807, 2.05) is 7.05 Å². The lowest BCUT2D eigenvalue weighted by Gasteiger charge is -2.23. The molecule has 0 aliphatic heterocycles. The molecule has 5 heteroatoms. The summed E-state index contributed by atoms with van der Waals surface area (Å²) in [6, 6.07) is 6.38. The quantitative estimate of drug-likeness (QED) is 0.800. The van der Waals surface area contributed by atoms with Crippen LogP contribution in [0.4, 0.5) is 4.39 Å². The molecular weight excluding hydrogens is 295 g/mol. The molecule has 128 valence electrons. The summed E-state index contributed by atoms with van der Waals surface area (Å²) in [6.07, 6.45) is 6.50. The van der Waals surface area contributed by atoms with E-state index >= 15 is 0 Å². The minimum absolute atomic E-state index is 0.142. The Morgan fingerprint density at radius 1 is 1.22 bits per heavy atom. The van der Waals surface area contributed by atoms with E-state index < -0.39 is 0 Å². The molecule has 1 N–H and O–H groups in total. The molecule has 4 nitrogen and oxygen atoms in total. The van der Waals surface area contributed by atoms with Crippen LogP contribution in [0, 0.1) is 5.82 Å². The standard InChI is InChI=1S/C18H27FN2O2/c1-21(13-14-23-17-9-7-15(19)8-10-17)12-11-18(22)20-16-5-3-2-4-6-16/h7-10,16H,2-6,11-14H2,1H3,(H,20,22). The predicted molar refractivity (Wildman–Crippen MR) is 89.0 cm³/mol. The highest BCUT2D eigenvalue weighted by atomic mass is 19.1. The minimum Gasteiger partial charge on any atom is -0.492 e. The van der Waals surface area contributed by atoms with Gasteiger partial charge in [0.05, 0.1) is 0 Å². The second-order valence-corrected chi connectivity index (χ2v) is 6.26. The number of amides is 1. The Morgan fingerprint density at radius 3 is 2.61 bits per heavy atom. The normalized spacial score (nSPS) is 15.6. The molecule has 0 radical (unpaired) electrons. The number of nitrogens with one attached hydrogen (secondary N) is 1. The highest BCUT2D eigenvalue weighted by Gasteiger charge is 2.15. The van der Waals surface area contributed by atoms with Crippen molar-refractivity contribution in [3.8, 4) is 5.75 Å². The Hall–Kier alpha value is -1.62. The number of hydrogen-bond donors (Lipinski definition) is 1. The van der Waals surface area contributed by atoms with Gasteiger partial charge in [-0.3, -0.25) is 4.79 Å². The number of carbonyl (C=O) groups is 1. The lowest BCUT2D eigenvalue weighted by molar-refractivity contribution is -0.122. The van der Waals surface area contributed by atoms with Crippen molar-refractivity contribution in [1.82, 2.24) is 10.2 Å². The average molecular weight is 322 g/mol. The number of rotatable bonds is 8. The van der Waals surface area contributed by atoms with Crippen LogP contribution in [-0.2, 0) is 4.79 Å². The minimum atomic E-state index is -0.265. The van der Waals surface area contributed by atoms with Crippen LogP contribution in [0.1, 0.15) is 38.5 Å². The van der Waals surface area contributed by atoms with E-state index in [4.69, 9.17) is 4.74 Å². The molecule has 0 aromatic heterocycles. The Labute approximate surface area is 138 Å². The molecular formula is C18H27FN2O2. The largest absolute Gasteiger partial charge is 0.492 e. The van der Waals surface area contributed by atoms with Crippen molar-refractivity contribution in [2.24, 2.45) is 0 Å². The van der Waals surface area contributed by atoms with Gasteiger partial charge in [-0.2, -0.15) is 0 Å². The topological polar surface area (TPSA) is 41.6 Å². The van der Waals surface area contributed by atoms with Gasteiger partial charge in [-0.15, -0.1) is 0 Å². The first-order valence-electron chi connectivity index (χ1n) is 8.50. The molecule has 2 rings (SSSR count). The second kappa shape index (κ2) is 9.50. The van der Waals surface area contributed by atoms with Crippen LogP contribution in [0.25, 0.3) is 0 Å². The molecule has 0 spiro atoms. The van der Waals surface area contributed by atoms with Gasteiger partial charge in [0.2, 0.25) is 5.91 Å². The summed E-state index contributed by atoms with van der Waals surface area (Å²) in [7, 11) is 1.97. The van der Waals surface area contributed by atoms with E-state index in [1.165, 1.54) is 31.4 Å². The molecule has 1 aliphatic rings. The SMILES string of the molecule is CN(CCOc1ccc(F)cc1)CCC(=O)NC1CCCCC1. The number of nitrogens with zero attached hydrogens (tertiary/aromatic N) is 1. The lowest BCUT2D eigenvalue weighted by Crippen LogP contribution is -2.38. The first-order valence-corrected chi connectivity index (χ1v) is 8.50. The van der Waals surface area contributed by atoms with Gasteiger partial charge in [-0.05, 0) is 44.2 Å². The highest BCUT2D eigenvalue weighted by Crippen LogP contribution is 2.17. The van der Waals surface area contributed by atoms with Crippen LogP contribution < -0.4 is 10.1 Å². The summed E-state index contributed by atoms with van der Waals surface area (Å²) < 4.78 is 18.3. The molecule has 0 unspecified atom stereocenters. The van der Waals surface area contributed by atoms with Crippen molar-refractivity contribution in [2.75, 3.05) is 26.7 Å². The van der Waals surface area contributed by atoms with Gasteiger partial charge >= 0.3 is 0 Å². The number of hydrogen-bond acceptors (Lipinski definition) is 3. The van der Waals surface area contributed by atoms with Crippen molar-refractivity contribution in [3.05, 3.63) is 30.1 Å². The van der Waals surface area contributed by atoms with Crippen molar-refractivity contribution < 1.29 is 13.9 Å². The molecule has 0 atom stereocenters. The highest BCUT2D eigenvalue weighted by molar-refractivity contribution is 5.76. The first kappa shape index (κ1) is 17.7. The zero-order chi connectivity index (χ0) is 16.5. The summed E-state index contributed by atoms with van der Waals surface area (Å²) >= 11 is 0. The predicted octanol–water partition coefficient (Wildman–Crippen LogP) is 2.98. The van der Waals surface area contributed by atoms with E-state index in [-0.39, 0.29) is 11.7 Å². The van der Waals surface area contributed by atoms with Gasteiger partial charge < -0.3 is 15.0 Å². The molecule has 1 saturated carbocycles. The van der Waals surface area contributed by atoms with Gasteiger partial charge in [0.15, 0.2) is 0 Å². The Kier molecular flexibility index (Phi) is 7.33. The summed E-state index contributed by atoms with van der Waals surface area (Å²) in [4.78, 5) is 14.0. The van der Waals surface area contributed by atoms with Gasteiger partial charge in [0, 0.05) is 25.6 Å². The number of benzene rings is 1. The number of carbonyl (C=O) groups excluding carboxylic acids is 1. The third-order valence-electron chi connectivity index (χ3n) is 4.25. The summed E-state index contributed by atoms with van der Waals surface area (Å²) in [6.45, 7) is 1.96. The van der Waals surface area contributed by atoms with E-state index in [2.05, 4.69) is 10.2 Å². The molecule has 0 saturated heterocycles. The summed E-state index contributed by atoms with van der Waals surface area (Å²) in [5.74, 6) is 0.538. The molecule has 23 heavy (non-hydrogen) atoms. The van der Waals surface area contributed by atoms with Crippen LogP contribution in [0.5, 0.6) is 5.75 Å². The maximum atomic E-state index is 12.8. The zero-order valence-corrected chi connectivity index (χ0v) is 13.9. The van der Waals surface area contributed by atoms with E-state index in [0.29, 0.717) is 31.4 Å². The summed E-state index contributed by atoms with van der Waals surface area (Å²) in [5, 5.41) is 3.13. The van der Waals surface area contributed by atoms with Gasteiger partial charge in [0.25, 0.3) is 0 Å². The fourth-order valence-corrected chi connectivity index (χ4v) is 2.80. The van der Waals surface area contributed by atoms with Crippen LogP contribution >= 0.6 is 0 Å². The third-order valence-corrected chi connectivity index (χ3v) is 4.25. The van der Waals surface area contributed by atoms with Crippen LogP contribution in [0.2, 0.25) is 0 Å². The second-order valence-electron chi connectivity index (χ2n) is 6.26. The monoisotopic (exact) mass is 322 g/mol. The molecule has 1 amide bonds. The van der Waals surface area contributed by atoms with Gasteiger partial charge in [-0.1, -0.05) is 19.3 Å². The molecule has 1 aromatic rings. The molecule has 0 heterocycles. The Bertz CT molecular complexity index is 472. The zero-order valence-electron chi connectivity index (χ0n) is 13.9. The third kappa shape index (κ3) is 6.99. The fourth-order valence-electron chi connectivity index (χ4n) is 2.80. The lowest BCUT2D eigenvalue weighted by atomic mass is 9.95. The van der Waals surface area contributed by atoms with Gasteiger partial charge in [-0.25, -0.2) is 4.39 Å². The molecule has 1 fully saturated rings. The Morgan fingerprint density at radius 2 is 1.91 bits per heavy atom. The van der Waals surface area contributed by atoms with Crippen LogP contribution in [0.15, 0.2) is 24.3 Å². The van der Waals surface area contributed by atoms with Crippen LogP contribution in [-0.4, -0.2) is 43.6 Å². The number of likely N-dealkylation sites (N-methyl/N-ethyl adjacent to an activating group) is 1. The van der Waals surface area contributed by atoms with Crippen molar-refractivity contribution in [3.63, 3.8) is 0 Å². The van der Waals surface area contributed by atoms with Crippen LogP contribution in [0.3, 0.4) is 0 Å². The van der Waals surface area contributed by atoms with E-state index in [0.717, 1.165) is 19.4 Å². The fraction of sp³-hybridized carbons (Fsp3) is 0.611.